The Morgan fingerprint density at radius 1 is 1.35 bits per heavy atom. The van der Waals surface area contributed by atoms with Gasteiger partial charge in [0.1, 0.15) is 0 Å². The fraction of sp³-hybridized carbons (Fsp3) is 0.500. The molecule has 1 saturated heterocycles. The highest BCUT2D eigenvalue weighted by molar-refractivity contribution is 7.91. The minimum absolute atomic E-state index is 0.149. The van der Waals surface area contributed by atoms with Crippen molar-refractivity contribution in [3.8, 4) is 0 Å². The van der Waals surface area contributed by atoms with E-state index in [-0.39, 0.29) is 23.5 Å². The minimum Gasteiger partial charge on any atom is -0.309 e. The molecule has 1 aromatic carbocycles. The maximum atomic E-state index is 11.9. The first-order valence-corrected chi connectivity index (χ1v) is 7.85. The fourth-order valence-corrected chi connectivity index (χ4v) is 4.29. The van der Waals surface area contributed by atoms with Crippen molar-refractivity contribution in [2.24, 2.45) is 5.92 Å². The van der Waals surface area contributed by atoms with Gasteiger partial charge in [-0.2, -0.15) is 0 Å². The van der Waals surface area contributed by atoms with Crippen molar-refractivity contribution in [3.05, 3.63) is 34.9 Å². The van der Waals surface area contributed by atoms with Gasteiger partial charge in [0.2, 0.25) is 0 Å². The second-order valence-electron chi connectivity index (χ2n) is 4.70. The quantitative estimate of drug-likeness (QED) is 0.852. The molecule has 0 bridgehead atoms. The summed E-state index contributed by atoms with van der Waals surface area (Å²) >= 11 is 5.93. The van der Waals surface area contributed by atoms with Crippen LogP contribution in [0.4, 0.5) is 0 Å². The highest BCUT2D eigenvalue weighted by Gasteiger charge is 2.27. The fourth-order valence-electron chi connectivity index (χ4n) is 2.15. The van der Waals surface area contributed by atoms with Gasteiger partial charge in [-0.1, -0.05) is 30.7 Å². The van der Waals surface area contributed by atoms with E-state index >= 15 is 0 Å². The first-order valence-electron chi connectivity index (χ1n) is 5.65. The Labute approximate surface area is 107 Å². The molecule has 0 aliphatic carbocycles. The van der Waals surface area contributed by atoms with Crippen LogP contribution in [-0.4, -0.2) is 26.5 Å². The molecule has 2 rings (SSSR count). The van der Waals surface area contributed by atoms with Gasteiger partial charge in [-0.05, 0) is 30.2 Å². The molecule has 1 aliphatic heterocycles. The summed E-state index contributed by atoms with van der Waals surface area (Å²) in [6.07, 6.45) is 0. The zero-order chi connectivity index (χ0) is 12.5. The molecule has 0 amide bonds. The van der Waals surface area contributed by atoms with Gasteiger partial charge in [-0.3, -0.25) is 0 Å². The van der Waals surface area contributed by atoms with Crippen LogP contribution in [0.5, 0.6) is 0 Å². The van der Waals surface area contributed by atoms with Crippen LogP contribution in [0.3, 0.4) is 0 Å². The summed E-state index contributed by atoms with van der Waals surface area (Å²) in [6.45, 7) is 2.67. The molecule has 0 spiro atoms. The molecule has 1 aliphatic rings. The molecule has 1 fully saturated rings. The molecular formula is C12H16ClNO2S. The van der Waals surface area contributed by atoms with E-state index in [9.17, 15) is 8.42 Å². The second kappa shape index (κ2) is 4.96. The molecule has 0 saturated carbocycles. The highest BCUT2D eigenvalue weighted by Crippen LogP contribution is 2.22. The second-order valence-corrected chi connectivity index (χ2v) is 7.29. The zero-order valence-electron chi connectivity index (χ0n) is 9.69. The van der Waals surface area contributed by atoms with E-state index in [2.05, 4.69) is 5.32 Å². The number of hydrogen-bond donors (Lipinski definition) is 1. The van der Waals surface area contributed by atoms with E-state index in [0.29, 0.717) is 5.02 Å². The summed E-state index contributed by atoms with van der Waals surface area (Å²) < 4.78 is 23.8. The molecule has 94 valence electrons. The van der Waals surface area contributed by atoms with E-state index in [1.165, 1.54) is 0 Å². The van der Waals surface area contributed by atoms with E-state index in [4.69, 9.17) is 11.6 Å². The van der Waals surface area contributed by atoms with E-state index in [1.54, 1.807) is 6.07 Å². The van der Waals surface area contributed by atoms with Crippen molar-refractivity contribution in [2.75, 3.05) is 18.1 Å². The summed E-state index contributed by atoms with van der Waals surface area (Å²) in [7, 11) is -2.98. The molecule has 1 heterocycles. The number of halogens is 1. The summed E-state index contributed by atoms with van der Waals surface area (Å²) in [4.78, 5) is 0. The van der Waals surface area contributed by atoms with Gasteiger partial charge in [0.25, 0.3) is 0 Å². The number of sulfone groups is 1. The van der Waals surface area contributed by atoms with Crippen molar-refractivity contribution in [1.82, 2.24) is 5.32 Å². The maximum Gasteiger partial charge on any atom is 0.152 e. The van der Waals surface area contributed by atoms with Gasteiger partial charge in [0, 0.05) is 11.1 Å². The third-order valence-corrected chi connectivity index (χ3v) is 5.08. The van der Waals surface area contributed by atoms with Gasteiger partial charge in [-0.25, -0.2) is 8.42 Å². The molecular weight excluding hydrogens is 258 g/mol. The van der Waals surface area contributed by atoms with Crippen LogP contribution in [0.15, 0.2) is 24.3 Å². The predicted molar refractivity (Wildman–Crippen MR) is 70.0 cm³/mol. The van der Waals surface area contributed by atoms with Crippen LogP contribution >= 0.6 is 11.6 Å². The van der Waals surface area contributed by atoms with Crippen molar-refractivity contribution in [3.63, 3.8) is 0 Å². The molecule has 5 heteroatoms. The lowest BCUT2D eigenvalue weighted by Crippen LogP contribution is -2.26. The summed E-state index contributed by atoms with van der Waals surface area (Å²) in [5.74, 6) is 0.568. The predicted octanol–water partition coefficient (Wildman–Crippen LogP) is 2.04. The summed E-state index contributed by atoms with van der Waals surface area (Å²) in [5.41, 5.74) is 0.940. The topological polar surface area (TPSA) is 46.2 Å². The normalized spacial score (nSPS) is 28.6. The maximum absolute atomic E-state index is 11.9. The first kappa shape index (κ1) is 12.9. The molecule has 0 aromatic heterocycles. The Morgan fingerprint density at radius 3 is 2.82 bits per heavy atom. The molecule has 0 radical (unpaired) electrons. The van der Waals surface area contributed by atoms with Crippen molar-refractivity contribution < 1.29 is 8.42 Å². The first-order chi connectivity index (χ1) is 7.96. The summed E-state index contributed by atoms with van der Waals surface area (Å²) in [6, 6.07) is 7.22. The van der Waals surface area contributed by atoms with Gasteiger partial charge in [0.05, 0.1) is 11.5 Å². The van der Waals surface area contributed by atoms with E-state index in [1.807, 2.05) is 25.1 Å². The number of nitrogens with one attached hydrogen (secondary N) is 1. The van der Waals surface area contributed by atoms with Gasteiger partial charge in [-0.15, -0.1) is 0 Å². The number of benzene rings is 1. The van der Waals surface area contributed by atoms with Crippen molar-refractivity contribution in [2.45, 2.75) is 13.0 Å². The van der Waals surface area contributed by atoms with Crippen LogP contribution in [0.25, 0.3) is 0 Å². The third kappa shape index (κ3) is 3.44. The number of rotatable bonds is 1. The average molecular weight is 274 g/mol. The zero-order valence-corrected chi connectivity index (χ0v) is 11.3. The summed E-state index contributed by atoms with van der Waals surface area (Å²) in [5, 5.41) is 3.93. The molecule has 17 heavy (non-hydrogen) atoms. The van der Waals surface area contributed by atoms with Crippen LogP contribution < -0.4 is 5.32 Å². The van der Waals surface area contributed by atoms with Gasteiger partial charge >= 0.3 is 0 Å². The van der Waals surface area contributed by atoms with E-state index < -0.39 is 9.84 Å². The van der Waals surface area contributed by atoms with Crippen molar-refractivity contribution >= 4 is 21.4 Å². The van der Waals surface area contributed by atoms with Crippen LogP contribution in [0, 0.1) is 5.92 Å². The standard InChI is InChI=1S/C12H16ClNO2S/c1-9-6-14-12(8-17(15,16)7-9)10-3-2-4-11(13)5-10/h2-5,9,12,14H,6-8H2,1H3. The Kier molecular flexibility index (Phi) is 3.76. The van der Waals surface area contributed by atoms with Crippen LogP contribution in [0.2, 0.25) is 5.02 Å². The molecule has 2 atom stereocenters. The van der Waals surface area contributed by atoms with Crippen LogP contribution in [-0.2, 0) is 9.84 Å². The molecule has 2 unspecified atom stereocenters. The lowest BCUT2D eigenvalue weighted by atomic mass is 10.1. The lowest BCUT2D eigenvalue weighted by molar-refractivity contribution is 0.517. The van der Waals surface area contributed by atoms with E-state index in [0.717, 1.165) is 12.1 Å². The van der Waals surface area contributed by atoms with Crippen molar-refractivity contribution in [1.29, 1.82) is 0 Å². The lowest BCUT2D eigenvalue weighted by Gasteiger charge is -2.16. The largest absolute Gasteiger partial charge is 0.309 e. The van der Waals surface area contributed by atoms with Gasteiger partial charge in [0.15, 0.2) is 9.84 Å². The monoisotopic (exact) mass is 273 g/mol. The molecule has 1 N–H and O–H groups in total. The third-order valence-electron chi connectivity index (χ3n) is 2.92. The van der Waals surface area contributed by atoms with Crippen LogP contribution in [0.1, 0.15) is 18.5 Å². The Morgan fingerprint density at radius 2 is 2.12 bits per heavy atom. The average Bonchev–Trinajstić information content (AvgIpc) is 2.36. The highest BCUT2D eigenvalue weighted by atomic mass is 35.5. The Hall–Kier alpha value is -0.580. The Balaban J connectivity index is 2.27. The minimum atomic E-state index is -2.98. The SMILES string of the molecule is CC1CNC(c2cccc(Cl)c2)CS(=O)(=O)C1. The molecule has 3 nitrogen and oxygen atoms in total. The molecule has 1 aromatic rings. The smallest absolute Gasteiger partial charge is 0.152 e. The Bertz CT molecular complexity index is 501. The van der Waals surface area contributed by atoms with Gasteiger partial charge < -0.3 is 5.32 Å². The number of hydrogen-bond acceptors (Lipinski definition) is 3.